The van der Waals surface area contributed by atoms with Crippen LogP contribution in [-0.4, -0.2) is 16.0 Å². The van der Waals surface area contributed by atoms with Crippen LogP contribution in [0.25, 0.3) is 0 Å². The molecule has 1 aromatic carbocycles. The Morgan fingerprint density at radius 1 is 1.26 bits per heavy atom. The van der Waals surface area contributed by atoms with E-state index in [2.05, 4.69) is 10.1 Å². The summed E-state index contributed by atoms with van der Waals surface area (Å²) < 4.78 is 5.70. The average molecular weight is 257 g/mol. The number of oxime groups is 1. The van der Waals surface area contributed by atoms with Crippen molar-refractivity contribution in [1.29, 1.82) is 0 Å². The number of pyridine rings is 1. The van der Waals surface area contributed by atoms with Crippen LogP contribution in [0.3, 0.4) is 0 Å². The number of rotatable bonds is 3. The Labute approximate surface area is 111 Å². The van der Waals surface area contributed by atoms with Gasteiger partial charge in [0.25, 0.3) is 0 Å². The number of aromatic nitrogens is 1. The van der Waals surface area contributed by atoms with Gasteiger partial charge in [0.2, 0.25) is 5.88 Å². The van der Waals surface area contributed by atoms with Gasteiger partial charge >= 0.3 is 0 Å². The summed E-state index contributed by atoms with van der Waals surface area (Å²) in [6, 6.07) is 9.33. The first-order valence-electron chi connectivity index (χ1n) is 5.79. The predicted octanol–water partition coefficient (Wildman–Crippen LogP) is 2.59. The summed E-state index contributed by atoms with van der Waals surface area (Å²) >= 11 is 0. The second-order valence-electron chi connectivity index (χ2n) is 4.24. The van der Waals surface area contributed by atoms with Crippen LogP contribution >= 0.6 is 0 Å². The molecule has 0 saturated carbocycles. The third kappa shape index (κ3) is 3.01. The lowest BCUT2D eigenvalue weighted by molar-refractivity contribution is 0.318. The Hall–Kier alpha value is -2.56. The second-order valence-corrected chi connectivity index (χ2v) is 4.24. The van der Waals surface area contributed by atoms with Crippen molar-refractivity contribution >= 4 is 5.84 Å². The molecule has 0 unspecified atom stereocenters. The molecule has 0 atom stereocenters. The van der Waals surface area contributed by atoms with E-state index in [-0.39, 0.29) is 5.84 Å². The molecule has 5 nitrogen and oxygen atoms in total. The smallest absolute Gasteiger partial charge is 0.219 e. The zero-order valence-corrected chi connectivity index (χ0v) is 10.8. The fourth-order valence-corrected chi connectivity index (χ4v) is 1.58. The van der Waals surface area contributed by atoms with Gasteiger partial charge in [0, 0.05) is 17.8 Å². The number of aryl methyl sites for hydroxylation is 2. The topological polar surface area (TPSA) is 80.7 Å². The molecule has 0 bridgehead atoms. The van der Waals surface area contributed by atoms with Gasteiger partial charge in [-0.1, -0.05) is 17.3 Å². The van der Waals surface area contributed by atoms with Gasteiger partial charge in [0.05, 0.1) is 0 Å². The molecule has 0 fully saturated rings. The summed E-state index contributed by atoms with van der Waals surface area (Å²) in [5.41, 5.74) is 8.15. The summed E-state index contributed by atoms with van der Waals surface area (Å²) in [5, 5.41) is 11.5. The van der Waals surface area contributed by atoms with E-state index >= 15 is 0 Å². The summed E-state index contributed by atoms with van der Waals surface area (Å²) in [4.78, 5) is 4.12. The van der Waals surface area contributed by atoms with Crippen molar-refractivity contribution in [1.82, 2.24) is 4.98 Å². The Morgan fingerprint density at radius 2 is 2.05 bits per heavy atom. The number of benzene rings is 1. The highest BCUT2D eigenvalue weighted by Crippen LogP contribution is 2.24. The summed E-state index contributed by atoms with van der Waals surface area (Å²) in [6.07, 6.45) is 1.50. The van der Waals surface area contributed by atoms with Crippen LogP contribution in [0.4, 0.5) is 0 Å². The molecule has 0 radical (unpaired) electrons. The van der Waals surface area contributed by atoms with Crippen molar-refractivity contribution in [3.8, 4) is 11.6 Å². The van der Waals surface area contributed by atoms with Crippen LogP contribution in [0.15, 0.2) is 41.7 Å². The van der Waals surface area contributed by atoms with Crippen molar-refractivity contribution in [3.05, 3.63) is 53.2 Å². The summed E-state index contributed by atoms with van der Waals surface area (Å²) in [6.45, 7) is 3.97. The number of amidine groups is 1. The van der Waals surface area contributed by atoms with Gasteiger partial charge in [-0.2, -0.15) is 0 Å². The zero-order chi connectivity index (χ0) is 13.8. The van der Waals surface area contributed by atoms with Crippen LogP contribution in [0, 0.1) is 13.8 Å². The molecule has 2 aromatic rings. The monoisotopic (exact) mass is 257 g/mol. The third-order valence-electron chi connectivity index (χ3n) is 2.70. The minimum atomic E-state index is 0.0192. The van der Waals surface area contributed by atoms with Gasteiger partial charge in [-0.3, -0.25) is 0 Å². The Kier molecular flexibility index (Phi) is 3.66. The Morgan fingerprint density at radius 3 is 2.68 bits per heavy atom. The first-order chi connectivity index (χ1) is 9.10. The number of ether oxygens (including phenoxy) is 1. The molecule has 0 amide bonds. The number of hydrogen-bond acceptors (Lipinski definition) is 4. The van der Waals surface area contributed by atoms with E-state index in [0.29, 0.717) is 11.4 Å². The van der Waals surface area contributed by atoms with E-state index in [1.807, 2.05) is 32.0 Å². The van der Waals surface area contributed by atoms with Crippen LogP contribution in [-0.2, 0) is 0 Å². The van der Waals surface area contributed by atoms with Gasteiger partial charge in [-0.05, 0) is 37.1 Å². The van der Waals surface area contributed by atoms with Crippen molar-refractivity contribution in [2.75, 3.05) is 0 Å². The number of hydrogen-bond donors (Lipinski definition) is 2. The van der Waals surface area contributed by atoms with Crippen molar-refractivity contribution < 1.29 is 9.94 Å². The highest BCUT2D eigenvalue weighted by Gasteiger charge is 2.04. The molecule has 5 heteroatoms. The molecule has 0 saturated heterocycles. The summed E-state index contributed by atoms with van der Waals surface area (Å²) in [7, 11) is 0. The lowest BCUT2D eigenvalue weighted by Gasteiger charge is -2.09. The maximum Gasteiger partial charge on any atom is 0.219 e. The molecule has 0 spiro atoms. The van der Waals surface area contributed by atoms with Gasteiger partial charge in [0.15, 0.2) is 5.84 Å². The van der Waals surface area contributed by atoms with E-state index in [0.717, 1.165) is 16.9 Å². The molecule has 1 aromatic heterocycles. The predicted molar refractivity (Wildman–Crippen MR) is 72.7 cm³/mol. The molecule has 98 valence electrons. The van der Waals surface area contributed by atoms with Gasteiger partial charge in [0.1, 0.15) is 5.75 Å². The molecule has 0 aliphatic heterocycles. The third-order valence-corrected chi connectivity index (χ3v) is 2.70. The van der Waals surface area contributed by atoms with Gasteiger partial charge in [-0.25, -0.2) is 4.98 Å². The standard InChI is InChI=1S/C14H15N3O2/c1-9-3-4-10(2)12(7-9)19-13-6-5-11(8-16-13)14(15)17-18/h3-8,18H,1-2H3,(H2,15,17). The maximum absolute atomic E-state index is 8.56. The quantitative estimate of drug-likeness (QED) is 0.383. The van der Waals surface area contributed by atoms with Crippen molar-refractivity contribution in [3.63, 3.8) is 0 Å². The Balaban J connectivity index is 2.22. The highest BCUT2D eigenvalue weighted by atomic mass is 16.5. The molecular weight excluding hydrogens is 242 g/mol. The van der Waals surface area contributed by atoms with Gasteiger partial charge in [-0.15, -0.1) is 0 Å². The summed E-state index contributed by atoms with van der Waals surface area (Å²) in [5.74, 6) is 1.25. The van der Waals surface area contributed by atoms with E-state index in [1.54, 1.807) is 12.1 Å². The van der Waals surface area contributed by atoms with Crippen LogP contribution < -0.4 is 10.5 Å². The normalized spacial score (nSPS) is 11.4. The molecule has 1 heterocycles. The molecule has 0 aliphatic rings. The zero-order valence-electron chi connectivity index (χ0n) is 10.8. The van der Waals surface area contributed by atoms with Crippen LogP contribution in [0.1, 0.15) is 16.7 Å². The van der Waals surface area contributed by atoms with Crippen LogP contribution in [0.5, 0.6) is 11.6 Å². The van der Waals surface area contributed by atoms with Crippen molar-refractivity contribution in [2.45, 2.75) is 13.8 Å². The largest absolute Gasteiger partial charge is 0.439 e. The van der Waals surface area contributed by atoms with Crippen LogP contribution in [0.2, 0.25) is 0 Å². The first kappa shape index (κ1) is 12.9. The number of nitrogens with two attached hydrogens (primary N) is 1. The Bertz CT molecular complexity index is 607. The van der Waals surface area contributed by atoms with E-state index < -0.39 is 0 Å². The maximum atomic E-state index is 8.56. The van der Waals surface area contributed by atoms with Crippen molar-refractivity contribution in [2.24, 2.45) is 10.9 Å². The highest BCUT2D eigenvalue weighted by molar-refractivity contribution is 5.96. The number of nitrogens with zero attached hydrogens (tertiary/aromatic N) is 2. The first-order valence-corrected chi connectivity index (χ1v) is 5.79. The molecule has 0 aliphatic carbocycles. The van der Waals surface area contributed by atoms with Gasteiger partial charge < -0.3 is 15.7 Å². The lowest BCUT2D eigenvalue weighted by Crippen LogP contribution is -2.13. The molecule has 3 N–H and O–H groups in total. The lowest BCUT2D eigenvalue weighted by atomic mass is 10.1. The molecule has 2 rings (SSSR count). The van der Waals surface area contributed by atoms with E-state index in [4.69, 9.17) is 15.7 Å². The van der Waals surface area contributed by atoms with E-state index in [1.165, 1.54) is 6.20 Å². The minimum Gasteiger partial charge on any atom is -0.439 e. The van der Waals surface area contributed by atoms with E-state index in [9.17, 15) is 0 Å². The molecular formula is C14H15N3O2. The molecule has 19 heavy (non-hydrogen) atoms. The fraction of sp³-hybridized carbons (Fsp3) is 0.143. The SMILES string of the molecule is Cc1ccc(C)c(Oc2ccc(/C(N)=N/O)cn2)c1. The fourth-order valence-electron chi connectivity index (χ4n) is 1.58. The second kappa shape index (κ2) is 5.39. The minimum absolute atomic E-state index is 0.0192. The average Bonchev–Trinajstić information content (AvgIpc) is 2.43.